The molecule has 5 nitrogen and oxygen atoms in total. The largest absolute Gasteiger partial charge is 0.351 e. The molecule has 0 aliphatic heterocycles. The number of nitrogens with zero attached hydrogens (tertiary/aromatic N) is 1. The van der Waals surface area contributed by atoms with Crippen molar-refractivity contribution in [3.8, 4) is 0 Å². The molecule has 110 valence electrons. The van der Waals surface area contributed by atoms with Crippen LogP contribution >= 0.6 is 11.5 Å². The summed E-state index contributed by atoms with van der Waals surface area (Å²) < 4.78 is 4.12. The van der Waals surface area contributed by atoms with Crippen LogP contribution in [0.15, 0.2) is 34.9 Å². The second-order valence-electron chi connectivity index (χ2n) is 4.28. The van der Waals surface area contributed by atoms with Crippen molar-refractivity contribution in [1.29, 1.82) is 0 Å². The summed E-state index contributed by atoms with van der Waals surface area (Å²) >= 11 is 1.22. The van der Waals surface area contributed by atoms with E-state index in [1.165, 1.54) is 17.7 Å². The topological polar surface area (TPSA) is 74.8 Å². The van der Waals surface area contributed by atoms with Crippen molar-refractivity contribution < 1.29 is 4.79 Å². The summed E-state index contributed by atoms with van der Waals surface area (Å²) in [6.45, 7) is 5.76. The van der Waals surface area contributed by atoms with E-state index in [4.69, 9.17) is 0 Å². The molecule has 0 radical (unpaired) electrons. The molecule has 0 spiro atoms. The minimum Gasteiger partial charge on any atom is -0.351 e. The van der Waals surface area contributed by atoms with Gasteiger partial charge in [-0.25, -0.2) is 0 Å². The second kappa shape index (κ2) is 6.49. The highest BCUT2D eigenvalue weighted by molar-refractivity contribution is 7.12. The Hall–Kier alpha value is -2.21. The lowest BCUT2D eigenvalue weighted by Crippen LogP contribution is -2.28. The Morgan fingerprint density at radius 1 is 1.43 bits per heavy atom. The number of nitrogens with one attached hydrogen (secondary N) is 2. The number of carbonyl (C=O) groups is 1. The van der Waals surface area contributed by atoms with Gasteiger partial charge in [-0.15, -0.1) is 0 Å². The molecule has 0 unspecified atom stereocenters. The van der Waals surface area contributed by atoms with E-state index >= 15 is 0 Å². The zero-order chi connectivity index (χ0) is 15.4. The van der Waals surface area contributed by atoms with Crippen molar-refractivity contribution in [2.75, 3.05) is 0 Å². The first kappa shape index (κ1) is 15.2. The normalized spacial score (nSPS) is 12.8. The number of hydrogen-bond donors (Lipinski definition) is 2. The lowest BCUT2D eigenvalue weighted by atomic mass is 10.2. The number of carbonyl (C=O) groups excluding carboxylic acids is 1. The number of H-pyrrole nitrogens is 1. The highest BCUT2D eigenvalue weighted by Crippen LogP contribution is 2.16. The molecule has 3 rings (SSSR count). The molecular weight excluding hydrogens is 286 g/mol. The smallest absolute Gasteiger partial charge is 0.260 e. The van der Waals surface area contributed by atoms with Crippen LogP contribution in [0.2, 0.25) is 0 Å². The number of aromatic amines is 1. The minimum atomic E-state index is -0.385. The van der Waals surface area contributed by atoms with Crippen LogP contribution in [0.4, 0.5) is 0 Å². The van der Waals surface area contributed by atoms with Crippen LogP contribution < -0.4 is 10.7 Å². The van der Waals surface area contributed by atoms with Gasteiger partial charge >= 0.3 is 0 Å². The van der Waals surface area contributed by atoms with Crippen LogP contribution in [0.1, 0.15) is 36.3 Å². The van der Waals surface area contributed by atoms with Crippen molar-refractivity contribution in [2.45, 2.75) is 27.2 Å². The Balaban J connectivity index is 0.000000774. The minimum absolute atomic E-state index is 0.114. The maximum atomic E-state index is 12.3. The standard InChI is InChI=1S/C13H11N3O2S.C2H6/c1-7-10-11(17)9(6-14-13(10)19-16-7)12(18)15-8-4-2-3-5-8;1-2/h2-4,6H,5H2,1H3,(H,14,17)(H,15,18);1-2H3. The predicted octanol–water partition coefficient (Wildman–Crippen LogP) is 2.89. The molecular formula is C15H17N3O2S. The summed E-state index contributed by atoms with van der Waals surface area (Å²) in [6.07, 6.45) is 7.76. The van der Waals surface area contributed by atoms with E-state index in [9.17, 15) is 9.59 Å². The van der Waals surface area contributed by atoms with E-state index in [1.807, 2.05) is 32.1 Å². The lowest BCUT2D eigenvalue weighted by Gasteiger charge is -2.05. The highest BCUT2D eigenvalue weighted by atomic mass is 32.1. The predicted molar refractivity (Wildman–Crippen MR) is 85.6 cm³/mol. The van der Waals surface area contributed by atoms with Gasteiger partial charge in [-0.3, -0.25) is 9.59 Å². The van der Waals surface area contributed by atoms with Gasteiger partial charge in [-0.05, 0) is 24.5 Å². The summed E-state index contributed by atoms with van der Waals surface area (Å²) in [5, 5.41) is 3.23. The molecule has 0 aromatic carbocycles. The SMILES string of the molecule is CC.Cc1nsc2[nH]cc(C(=O)NC3=CC=CC3)c(=O)c12. The summed E-state index contributed by atoms with van der Waals surface area (Å²) in [5.41, 5.74) is 1.29. The second-order valence-corrected chi connectivity index (χ2v) is 5.06. The number of amides is 1. The third kappa shape index (κ3) is 2.95. The molecule has 2 heterocycles. The molecule has 0 fully saturated rings. The third-order valence-electron chi connectivity index (χ3n) is 2.97. The summed E-state index contributed by atoms with van der Waals surface area (Å²) in [6, 6.07) is 0. The number of aromatic nitrogens is 2. The van der Waals surface area contributed by atoms with Gasteiger partial charge in [-0.1, -0.05) is 26.0 Å². The third-order valence-corrected chi connectivity index (χ3v) is 3.84. The number of allylic oxidation sites excluding steroid dienone is 3. The van der Waals surface area contributed by atoms with Crippen molar-refractivity contribution in [1.82, 2.24) is 14.7 Å². The number of fused-ring (bicyclic) bond motifs is 1. The Kier molecular flexibility index (Phi) is 4.70. The number of rotatable bonds is 2. The van der Waals surface area contributed by atoms with Crippen LogP contribution in [0.3, 0.4) is 0 Å². The van der Waals surface area contributed by atoms with E-state index in [-0.39, 0.29) is 16.9 Å². The molecule has 2 aromatic rings. The van der Waals surface area contributed by atoms with Crippen LogP contribution in [-0.4, -0.2) is 15.3 Å². The van der Waals surface area contributed by atoms with Gasteiger partial charge in [0.05, 0.1) is 11.1 Å². The van der Waals surface area contributed by atoms with E-state index in [2.05, 4.69) is 14.7 Å². The highest BCUT2D eigenvalue weighted by Gasteiger charge is 2.16. The molecule has 1 amide bonds. The van der Waals surface area contributed by atoms with Crippen LogP contribution in [-0.2, 0) is 0 Å². The Morgan fingerprint density at radius 3 is 2.86 bits per heavy atom. The van der Waals surface area contributed by atoms with Crippen molar-refractivity contribution >= 4 is 27.7 Å². The average Bonchev–Trinajstić information content (AvgIpc) is 3.12. The summed E-state index contributed by atoms with van der Waals surface area (Å²) in [5.74, 6) is -0.385. The Morgan fingerprint density at radius 2 is 2.19 bits per heavy atom. The van der Waals surface area contributed by atoms with E-state index in [0.29, 0.717) is 22.3 Å². The molecule has 1 aliphatic rings. The Labute approximate surface area is 126 Å². The molecule has 0 atom stereocenters. The first-order chi connectivity index (χ1) is 10.2. The van der Waals surface area contributed by atoms with Gasteiger partial charge in [0.2, 0.25) is 5.43 Å². The molecule has 2 aromatic heterocycles. The maximum Gasteiger partial charge on any atom is 0.260 e. The quantitative estimate of drug-likeness (QED) is 0.895. The van der Waals surface area contributed by atoms with Crippen LogP contribution in [0.25, 0.3) is 10.2 Å². The first-order valence-electron chi connectivity index (χ1n) is 6.81. The number of pyridine rings is 1. The fraction of sp³-hybridized carbons (Fsp3) is 0.267. The molecule has 0 saturated heterocycles. The lowest BCUT2D eigenvalue weighted by molar-refractivity contribution is 0.0964. The van der Waals surface area contributed by atoms with Gasteiger partial charge in [0.25, 0.3) is 5.91 Å². The summed E-state index contributed by atoms with van der Waals surface area (Å²) in [7, 11) is 0. The van der Waals surface area contributed by atoms with Crippen LogP contribution in [0, 0.1) is 6.92 Å². The first-order valence-corrected chi connectivity index (χ1v) is 7.59. The van der Waals surface area contributed by atoms with E-state index in [1.54, 1.807) is 6.92 Å². The Bertz CT molecular complexity index is 784. The zero-order valence-corrected chi connectivity index (χ0v) is 13.0. The van der Waals surface area contributed by atoms with Crippen LogP contribution in [0.5, 0.6) is 0 Å². The number of hydrogen-bond acceptors (Lipinski definition) is 4. The fourth-order valence-corrected chi connectivity index (χ4v) is 2.76. The molecule has 2 N–H and O–H groups in total. The van der Waals surface area contributed by atoms with Crippen molar-refractivity contribution in [2.24, 2.45) is 0 Å². The van der Waals surface area contributed by atoms with Gasteiger partial charge in [-0.2, -0.15) is 4.37 Å². The van der Waals surface area contributed by atoms with Gasteiger partial charge in [0, 0.05) is 18.3 Å². The average molecular weight is 303 g/mol. The van der Waals surface area contributed by atoms with Gasteiger partial charge in [0.15, 0.2) is 0 Å². The summed E-state index contributed by atoms with van der Waals surface area (Å²) in [4.78, 5) is 28.0. The zero-order valence-electron chi connectivity index (χ0n) is 12.2. The molecule has 1 aliphatic carbocycles. The fourth-order valence-electron chi connectivity index (χ4n) is 2.00. The maximum absolute atomic E-state index is 12.3. The van der Waals surface area contributed by atoms with Crippen molar-refractivity contribution in [3.63, 3.8) is 0 Å². The van der Waals surface area contributed by atoms with Gasteiger partial charge in [0.1, 0.15) is 10.4 Å². The van der Waals surface area contributed by atoms with E-state index in [0.717, 1.165) is 5.70 Å². The van der Waals surface area contributed by atoms with Crippen molar-refractivity contribution in [3.05, 3.63) is 51.6 Å². The van der Waals surface area contributed by atoms with E-state index < -0.39 is 0 Å². The number of aryl methyl sites for hydroxylation is 1. The molecule has 0 saturated carbocycles. The molecule has 6 heteroatoms. The molecule has 0 bridgehead atoms. The molecule has 21 heavy (non-hydrogen) atoms. The monoisotopic (exact) mass is 303 g/mol. The van der Waals surface area contributed by atoms with Gasteiger partial charge < -0.3 is 10.3 Å².